The maximum atomic E-state index is 8.56. The maximum Gasteiger partial charge on any atom is 0.503 e. The molecule has 6 heavy (non-hydrogen) atoms. The molecule has 0 rings (SSSR count). The van der Waals surface area contributed by atoms with Gasteiger partial charge < -0.3 is 10.2 Å². The fraction of sp³-hybridized carbons (Fsp3) is 0. The molecule has 0 fully saturated rings. The van der Waals surface area contributed by atoms with E-state index in [1.165, 1.54) is 0 Å². The molecular formula is CH3ClCoO3. The van der Waals surface area contributed by atoms with Crippen molar-refractivity contribution in [1.82, 2.24) is 0 Å². The molecule has 3 nitrogen and oxygen atoms in total. The number of hydrogen-bond donors (Lipinski definition) is 2. The standard InChI is InChI=1S/CH2O3.ClH.Co/c2-1(3)4;;/h(H2,2,3,4);1H;. The number of carbonyl (C=O) groups is 1. The summed E-state index contributed by atoms with van der Waals surface area (Å²) in [7, 11) is 0. The first kappa shape index (κ1) is 16.6. The van der Waals surface area contributed by atoms with E-state index in [1.54, 1.807) is 0 Å². The van der Waals surface area contributed by atoms with Crippen LogP contribution >= 0.6 is 12.4 Å². The Bertz CT molecular complexity index is 33.8. The molecule has 0 aliphatic carbocycles. The van der Waals surface area contributed by atoms with Crippen molar-refractivity contribution < 1.29 is 31.8 Å². The van der Waals surface area contributed by atoms with E-state index in [4.69, 9.17) is 15.0 Å². The van der Waals surface area contributed by atoms with Gasteiger partial charge in [-0.1, -0.05) is 0 Å². The molecule has 0 bridgehead atoms. The third-order valence-corrected chi connectivity index (χ3v) is 0. The summed E-state index contributed by atoms with van der Waals surface area (Å²) in [5.41, 5.74) is 0. The molecule has 0 unspecified atom stereocenters. The first-order valence-electron chi connectivity index (χ1n) is 0.651. The van der Waals surface area contributed by atoms with Gasteiger partial charge in [-0.05, 0) is 0 Å². The fourth-order valence-corrected chi connectivity index (χ4v) is 0. The summed E-state index contributed by atoms with van der Waals surface area (Å²) in [6, 6.07) is 0. The van der Waals surface area contributed by atoms with Crippen LogP contribution in [0, 0.1) is 0 Å². The Labute approximate surface area is 51.0 Å². The second-order valence-electron chi connectivity index (χ2n) is 0.283. The number of carboxylic acid groups (broad SMARTS) is 2. The van der Waals surface area contributed by atoms with E-state index in [-0.39, 0.29) is 29.2 Å². The Morgan fingerprint density at radius 2 is 1.33 bits per heavy atom. The van der Waals surface area contributed by atoms with E-state index in [0.29, 0.717) is 0 Å². The van der Waals surface area contributed by atoms with Crippen LogP contribution in [0.15, 0.2) is 0 Å². The van der Waals surface area contributed by atoms with Gasteiger partial charge in [0.25, 0.3) is 0 Å². The Kier molecular flexibility index (Phi) is 24.6. The molecule has 0 heterocycles. The minimum atomic E-state index is -1.83. The minimum Gasteiger partial charge on any atom is -0.450 e. The quantitative estimate of drug-likeness (QED) is 0.543. The topological polar surface area (TPSA) is 57.5 Å². The van der Waals surface area contributed by atoms with Crippen LogP contribution in [-0.2, 0) is 16.8 Å². The van der Waals surface area contributed by atoms with Gasteiger partial charge in [0, 0.05) is 16.8 Å². The summed E-state index contributed by atoms with van der Waals surface area (Å²) in [5.74, 6) is 0. The molecule has 0 amide bonds. The van der Waals surface area contributed by atoms with Crippen LogP contribution < -0.4 is 0 Å². The number of rotatable bonds is 0. The smallest absolute Gasteiger partial charge is 0.450 e. The molecule has 0 aromatic rings. The third-order valence-electron chi connectivity index (χ3n) is 0. The summed E-state index contributed by atoms with van der Waals surface area (Å²) >= 11 is 0. The van der Waals surface area contributed by atoms with E-state index in [0.717, 1.165) is 0 Å². The molecule has 0 aliphatic heterocycles. The molecule has 1 radical (unpaired) electrons. The van der Waals surface area contributed by atoms with Crippen LogP contribution in [0.5, 0.6) is 0 Å². The van der Waals surface area contributed by atoms with Crippen LogP contribution in [0.2, 0.25) is 0 Å². The molecule has 5 heteroatoms. The monoisotopic (exact) mass is 157 g/mol. The van der Waals surface area contributed by atoms with Gasteiger partial charge in [0.2, 0.25) is 0 Å². The van der Waals surface area contributed by atoms with E-state index < -0.39 is 6.16 Å². The second kappa shape index (κ2) is 8.91. The Hall–Kier alpha value is 0.0665. The van der Waals surface area contributed by atoms with Crippen molar-refractivity contribution in [2.75, 3.05) is 0 Å². The van der Waals surface area contributed by atoms with E-state index in [2.05, 4.69) is 0 Å². The minimum absolute atomic E-state index is 0. The zero-order valence-corrected chi connectivity index (χ0v) is 4.40. The summed E-state index contributed by atoms with van der Waals surface area (Å²) in [6.07, 6.45) is -1.83. The zero-order valence-electron chi connectivity index (χ0n) is 2.54. The van der Waals surface area contributed by atoms with Crippen molar-refractivity contribution in [2.45, 2.75) is 0 Å². The molecule has 41 valence electrons. The van der Waals surface area contributed by atoms with E-state index >= 15 is 0 Å². The van der Waals surface area contributed by atoms with Gasteiger partial charge in [-0.2, -0.15) is 0 Å². The average Bonchev–Trinajstić information content (AvgIpc) is 0.811. The maximum absolute atomic E-state index is 8.56. The largest absolute Gasteiger partial charge is 0.503 e. The van der Waals surface area contributed by atoms with Crippen LogP contribution in [0.1, 0.15) is 0 Å². The average molecular weight is 157 g/mol. The van der Waals surface area contributed by atoms with Crippen molar-refractivity contribution in [3.05, 3.63) is 0 Å². The summed E-state index contributed by atoms with van der Waals surface area (Å²) in [4.78, 5) is 8.56. The van der Waals surface area contributed by atoms with Crippen molar-refractivity contribution in [1.29, 1.82) is 0 Å². The summed E-state index contributed by atoms with van der Waals surface area (Å²) < 4.78 is 0. The van der Waals surface area contributed by atoms with Gasteiger partial charge >= 0.3 is 6.16 Å². The Morgan fingerprint density at radius 1 is 1.33 bits per heavy atom. The van der Waals surface area contributed by atoms with Gasteiger partial charge in [-0.3, -0.25) is 0 Å². The number of hydrogen-bond acceptors (Lipinski definition) is 1. The third kappa shape index (κ3) is 8650. The summed E-state index contributed by atoms with van der Waals surface area (Å²) in [6.45, 7) is 0. The van der Waals surface area contributed by atoms with Gasteiger partial charge in [-0.15, -0.1) is 12.4 Å². The SMILES string of the molecule is Cl.O=C(O)O.[Co]. The Balaban J connectivity index is -0.0000000450. The van der Waals surface area contributed by atoms with Crippen molar-refractivity contribution in [2.24, 2.45) is 0 Å². The second-order valence-corrected chi connectivity index (χ2v) is 0.283. The first-order chi connectivity index (χ1) is 1.73. The predicted molar refractivity (Wildman–Crippen MR) is 17.9 cm³/mol. The molecule has 0 atom stereocenters. The molecule has 0 aromatic heterocycles. The molecule has 0 saturated heterocycles. The molecule has 0 spiro atoms. The van der Waals surface area contributed by atoms with Crippen molar-refractivity contribution in [3.63, 3.8) is 0 Å². The summed E-state index contributed by atoms with van der Waals surface area (Å²) in [5, 5.41) is 13.9. The van der Waals surface area contributed by atoms with Gasteiger partial charge in [-0.25, -0.2) is 4.79 Å². The van der Waals surface area contributed by atoms with Crippen LogP contribution in [-0.4, -0.2) is 16.4 Å². The van der Waals surface area contributed by atoms with E-state index in [9.17, 15) is 0 Å². The molecule has 2 N–H and O–H groups in total. The van der Waals surface area contributed by atoms with Gasteiger partial charge in [0.1, 0.15) is 0 Å². The molecule has 0 saturated carbocycles. The predicted octanol–water partition coefficient (Wildman–Crippen LogP) is 0.642. The molecule has 0 aliphatic rings. The Morgan fingerprint density at radius 3 is 1.33 bits per heavy atom. The molecule has 0 aromatic carbocycles. The normalized spacial score (nSPS) is 4.00. The van der Waals surface area contributed by atoms with Crippen molar-refractivity contribution in [3.8, 4) is 0 Å². The first-order valence-corrected chi connectivity index (χ1v) is 0.651. The van der Waals surface area contributed by atoms with Gasteiger partial charge in [0.15, 0.2) is 0 Å². The van der Waals surface area contributed by atoms with Gasteiger partial charge in [0.05, 0.1) is 0 Å². The van der Waals surface area contributed by atoms with Crippen LogP contribution in [0.3, 0.4) is 0 Å². The fourth-order valence-electron chi connectivity index (χ4n) is 0. The van der Waals surface area contributed by atoms with Crippen LogP contribution in [0.25, 0.3) is 0 Å². The van der Waals surface area contributed by atoms with E-state index in [1.807, 2.05) is 0 Å². The van der Waals surface area contributed by atoms with Crippen LogP contribution in [0.4, 0.5) is 4.79 Å². The zero-order chi connectivity index (χ0) is 3.58. The molecular weight excluding hydrogens is 154 g/mol. The number of halogens is 1. The van der Waals surface area contributed by atoms with Crippen molar-refractivity contribution >= 4 is 18.6 Å².